The van der Waals surface area contributed by atoms with E-state index in [4.69, 9.17) is 9.47 Å². The molecular formula is C16H22N2O3S. The monoisotopic (exact) mass is 322 g/mol. The van der Waals surface area contributed by atoms with Gasteiger partial charge in [-0.25, -0.2) is 4.79 Å². The van der Waals surface area contributed by atoms with Gasteiger partial charge in [0.15, 0.2) is 0 Å². The lowest BCUT2D eigenvalue weighted by molar-refractivity contribution is 0.154. The number of cyclic esters (lactones) is 1. The quantitative estimate of drug-likeness (QED) is 0.830. The zero-order valence-corrected chi connectivity index (χ0v) is 13.7. The van der Waals surface area contributed by atoms with E-state index in [2.05, 4.69) is 4.90 Å². The van der Waals surface area contributed by atoms with E-state index in [-0.39, 0.29) is 12.1 Å². The first-order valence-electron chi connectivity index (χ1n) is 7.62. The van der Waals surface area contributed by atoms with Crippen LogP contribution in [0, 0.1) is 0 Å². The Kier molecular flexibility index (Phi) is 5.10. The Morgan fingerprint density at radius 1 is 1.36 bits per heavy atom. The van der Waals surface area contributed by atoms with Crippen LogP contribution in [0.1, 0.15) is 5.56 Å². The van der Waals surface area contributed by atoms with Crippen LogP contribution >= 0.6 is 11.8 Å². The summed E-state index contributed by atoms with van der Waals surface area (Å²) in [5.74, 6) is 3.17. The molecule has 1 atom stereocenters. The maximum atomic E-state index is 12.0. The SMILES string of the molecule is COc1cccc(CN2C(=O)OC[C@@H]2CN2CCSCC2)c1. The second-order valence-corrected chi connectivity index (χ2v) is 6.85. The van der Waals surface area contributed by atoms with Crippen LogP contribution in [-0.4, -0.2) is 66.8 Å². The predicted octanol–water partition coefficient (Wildman–Crippen LogP) is 2.06. The first kappa shape index (κ1) is 15.5. The van der Waals surface area contributed by atoms with E-state index in [9.17, 15) is 4.79 Å². The third-order valence-electron chi connectivity index (χ3n) is 4.13. The van der Waals surface area contributed by atoms with E-state index < -0.39 is 0 Å². The van der Waals surface area contributed by atoms with Crippen molar-refractivity contribution in [2.45, 2.75) is 12.6 Å². The number of nitrogens with zero attached hydrogens (tertiary/aromatic N) is 2. The standard InChI is InChI=1S/C16H22N2O3S/c1-20-15-4-2-3-13(9-15)10-18-14(12-21-16(18)19)11-17-5-7-22-8-6-17/h2-4,9,14H,5-8,10-12H2,1H3/t14-/m0/s1. The third kappa shape index (κ3) is 3.67. The van der Waals surface area contributed by atoms with Gasteiger partial charge in [0.25, 0.3) is 0 Å². The number of benzene rings is 1. The molecule has 2 heterocycles. The van der Waals surface area contributed by atoms with E-state index in [1.54, 1.807) is 7.11 Å². The molecule has 1 aromatic carbocycles. The van der Waals surface area contributed by atoms with Crippen molar-refractivity contribution in [3.8, 4) is 5.75 Å². The minimum absolute atomic E-state index is 0.141. The fraction of sp³-hybridized carbons (Fsp3) is 0.562. The zero-order valence-electron chi connectivity index (χ0n) is 12.9. The Hall–Kier alpha value is -1.40. The highest BCUT2D eigenvalue weighted by Crippen LogP contribution is 2.21. The van der Waals surface area contributed by atoms with Gasteiger partial charge < -0.3 is 9.47 Å². The van der Waals surface area contributed by atoms with Crippen molar-refractivity contribution in [3.63, 3.8) is 0 Å². The lowest BCUT2D eigenvalue weighted by atomic mass is 10.1. The van der Waals surface area contributed by atoms with Gasteiger partial charge in [0, 0.05) is 37.7 Å². The van der Waals surface area contributed by atoms with Crippen molar-refractivity contribution in [1.82, 2.24) is 9.80 Å². The Morgan fingerprint density at radius 3 is 2.95 bits per heavy atom. The van der Waals surface area contributed by atoms with Gasteiger partial charge in [0.05, 0.1) is 13.2 Å². The summed E-state index contributed by atoms with van der Waals surface area (Å²) < 4.78 is 10.5. The van der Waals surface area contributed by atoms with Gasteiger partial charge in [0.2, 0.25) is 0 Å². The summed E-state index contributed by atoms with van der Waals surface area (Å²) >= 11 is 2.00. The molecule has 0 N–H and O–H groups in total. The maximum Gasteiger partial charge on any atom is 0.410 e. The van der Waals surface area contributed by atoms with Crippen LogP contribution in [-0.2, 0) is 11.3 Å². The Labute approximate surface area is 135 Å². The Balaban J connectivity index is 1.65. The number of methoxy groups -OCH3 is 1. The van der Waals surface area contributed by atoms with Gasteiger partial charge >= 0.3 is 6.09 Å². The fourth-order valence-corrected chi connectivity index (χ4v) is 3.86. The number of thioether (sulfide) groups is 1. The van der Waals surface area contributed by atoms with Crippen molar-refractivity contribution in [1.29, 1.82) is 0 Å². The van der Waals surface area contributed by atoms with Gasteiger partial charge in [-0.3, -0.25) is 9.80 Å². The second-order valence-electron chi connectivity index (χ2n) is 5.62. The van der Waals surface area contributed by atoms with Crippen LogP contribution in [0.2, 0.25) is 0 Å². The second kappa shape index (κ2) is 7.24. The summed E-state index contributed by atoms with van der Waals surface area (Å²) in [6, 6.07) is 7.99. The smallest absolute Gasteiger partial charge is 0.410 e. The average Bonchev–Trinajstić information content (AvgIpc) is 2.89. The summed E-state index contributed by atoms with van der Waals surface area (Å²) in [6.45, 7) is 4.16. The molecule has 3 rings (SSSR count). The van der Waals surface area contributed by atoms with Gasteiger partial charge in [-0.2, -0.15) is 11.8 Å². The van der Waals surface area contributed by atoms with Gasteiger partial charge in [-0.05, 0) is 17.7 Å². The fourth-order valence-electron chi connectivity index (χ4n) is 2.88. The Bertz CT molecular complexity index is 520. The van der Waals surface area contributed by atoms with Crippen LogP contribution < -0.4 is 4.74 Å². The van der Waals surface area contributed by atoms with E-state index in [1.165, 1.54) is 11.5 Å². The number of carbonyl (C=O) groups is 1. The van der Waals surface area contributed by atoms with Crippen LogP contribution in [0.15, 0.2) is 24.3 Å². The molecule has 1 aromatic rings. The van der Waals surface area contributed by atoms with Crippen molar-refractivity contribution in [2.75, 3.05) is 44.9 Å². The molecule has 2 aliphatic rings. The number of hydrogen-bond acceptors (Lipinski definition) is 5. The summed E-state index contributed by atoms with van der Waals surface area (Å²) in [5.41, 5.74) is 1.07. The van der Waals surface area contributed by atoms with Gasteiger partial charge in [-0.15, -0.1) is 0 Å². The molecule has 2 fully saturated rings. The first-order chi connectivity index (χ1) is 10.8. The number of ether oxygens (including phenoxy) is 2. The van der Waals surface area contributed by atoms with Gasteiger partial charge in [-0.1, -0.05) is 12.1 Å². The number of hydrogen-bond donors (Lipinski definition) is 0. The van der Waals surface area contributed by atoms with Crippen LogP contribution in [0.3, 0.4) is 0 Å². The summed E-state index contributed by atoms with van der Waals surface area (Å²) in [4.78, 5) is 16.3. The van der Waals surface area contributed by atoms with Crippen molar-refractivity contribution >= 4 is 17.9 Å². The molecule has 0 bridgehead atoms. The molecule has 0 unspecified atom stereocenters. The summed E-state index contributed by atoms with van der Waals surface area (Å²) in [6.07, 6.45) is -0.209. The molecule has 0 saturated carbocycles. The summed E-state index contributed by atoms with van der Waals surface area (Å²) in [5, 5.41) is 0. The predicted molar refractivity (Wildman–Crippen MR) is 87.4 cm³/mol. The minimum Gasteiger partial charge on any atom is -0.497 e. The van der Waals surface area contributed by atoms with Crippen LogP contribution in [0.5, 0.6) is 5.75 Å². The Morgan fingerprint density at radius 2 is 2.18 bits per heavy atom. The largest absolute Gasteiger partial charge is 0.497 e. The highest BCUT2D eigenvalue weighted by atomic mass is 32.2. The molecule has 2 saturated heterocycles. The molecular weight excluding hydrogens is 300 g/mol. The normalized spacial score (nSPS) is 22.7. The highest BCUT2D eigenvalue weighted by Gasteiger charge is 2.34. The topological polar surface area (TPSA) is 42.0 Å². The minimum atomic E-state index is -0.209. The number of carbonyl (C=O) groups excluding carboxylic acids is 1. The lowest BCUT2D eigenvalue weighted by Gasteiger charge is -2.31. The molecule has 0 spiro atoms. The van der Waals surface area contributed by atoms with Crippen LogP contribution in [0.4, 0.5) is 4.79 Å². The average molecular weight is 322 g/mol. The molecule has 0 aliphatic carbocycles. The highest BCUT2D eigenvalue weighted by molar-refractivity contribution is 7.99. The first-order valence-corrected chi connectivity index (χ1v) is 8.78. The van der Waals surface area contributed by atoms with Crippen molar-refractivity contribution in [3.05, 3.63) is 29.8 Å². The summed E-state index contributed by atoms with van der Waals surface area (Å²) in [7, 11) is 1.65. The molecule has 0 radical (unpaired) electrons. The van der Waals surface area contributed by atoms with Crippen molar-refractivity contribution < 1.29 is 14.3 Å². The molecule has 120 valence electrons. The zero-order chi connectivity index (χ0) is 15.4. The third-order valence-corrected chi connectivity index (χ3v) is 5.08. The number of amides is 1. The molecule has 6 heteroatoms. The number of rotatable bonds is 5. The van der Waals surface area contributed by atoms with Crippen molar-refractivity contribution in [2.24, 2.45) is 0 Å². The van der Waals surface area contributed by atoms with Crippen LogP contribution in [0.25, 0.3) is 0 Å². The maximum absolute atomic E-state index is 12.0. The van der Waals surface area contributed by atoms with E-state index in [1.807, 2.05) is 40.9 Å². The van der Waals surface area contributed by atoms with E-state index in [0.29, 0.717) is 13.2 Å². The lowest BCUT2D eigenvalue weighted by Crippen LogP contribution is -2.45. The van der Waals surface area contributed by atoms with E-state index >= 15 is 0 Å². The molecule has 2 aliphatic heterocycles. The molecule has 0 aromatic heterocycles. The molecule has 1 amide bonds. The van der Waals surface area contributed by atoms with E-state index in [0.717, 1.165) is 30.9 Å². The molecule has 5 nitrogen and oxygen atoms in total. The molecule has 22 heavy (non-hydrogen) atoms. The van der Waals surface area contributed by atoms with Gasteiger partial charge in [0.1, 0.15) is 12.4 Å².